The maximum Gasteiger partial charge on any atom is 0.227 e. The highest BCUT2D eigenvalue weighted by Gasteiger charge is 2.25. The fourth-order valence-corrected chi connectivity index (χ4v) is 2.22. The number of nitrogens with one attached hydrogen (secondary N) is 1. The molecule has 1 heterocycles. The van der Waals surface area contributed by atoms with Crippen molar-refractivity contribution in [1.82, 2.24) is 5.32 Å². The molecule has 1 amide bonds. The van der Waals surface area contributed by atoms with Crippen LogP contribution in [0.1, 0.15) is 24.6 Å². The van der Waals surface area contributed by atoms with Gasteiger partial charge < -0.3 is 10.4 Å². The van der Waals surface area contributed by atoms with Gasteiger partial charge in [-0.3, -0.25) is 4.79 Å². The number of hydrogen-bond donors (Lipinski definition) is 2. The molecule has 3 nitrogen and oxygen atoms in total. The van der Waals surface area contributed by atoms with Crippen molar-refractivity contribution in [2.75, 3.05) is 0 Å². The molecule has 2 rings (SSSR count). The van der Waals surface area contributed by atoms with Gasteiger partial charge in [-0.25, -0.2) is 0 Å². The van der Waals surface area contributed by atoms with E-state index in [1.54, 1.807) is 19.1 Å². The zero-order chi connectivity index (χ0) is 12.4. The molecule has 1 aliphatic rings. The lowest BCUT2D eigenvalue weighted by molar-refractivity contribution is -0.123. The second kappa shape index (κ2) is 4.96. The number of carbonyl (C=O) groups is 1. The van der Waals surface area contributed by atoms with Crippen molar-refractivity contribution in [3.8, 4) is 0 Å². The molecule has 1 aromatic heterocycles. The second-order valence-corrected chi connectivity index (χ2v) is 5.24. The summed E-state index contributed by atoms with van der Waals surface area (Å²) in [4.78, 5) is 12.3. The Bertz CT molecular complexity index is 451. The standard InChI is InChI=1S/C12H14BNO2S/c1-7(12(16)14-8-2-3-8)6-10(15)11-9(13)4-5-17-11/h4-8,15H,2-3H2,1H3,(H,14,16)/b10-6-. The maximum atomic E-state index is 11.7. The van der Waals surface area contributed by atoms with Gasteiger partial charge in [0, 0.05) is 6.04 Å². The topological polar surface area (TPSA) is 49.3 Å². The molecule has 17 heavy (non-hydrogen) atoms. The van der Waals surface area contributed by atoms with Crippen molar-refractivity contribution in [2.24, 2.45) is 5.92 Å². The summed E-state index contributed by atoms with van der Waals surface area (Å²) in [6.45, 7) is 1.76. The Morgan fingerprint density at radius 3 is 2.94 bits per heavy atom. The predicted molar refractivity (Wildman–Crippen MR) is 70.6 cm³/mol. The number of amides is 1. The lowest BCUT2D eigenvalue weighted by Gasteiger charge is -2.08. The molecule has 1 saturated carbocycles. The average Bonchev–Trinajstić information content (AvgIpc) is 2.98. The summed E-state index contributed by atoms with van der Waals surface area (Å²) in [6, 6.07) is 2.08. The lowest BCUT2D eigenvalue weighted by atomic mass is 9.96. The Hall–Kier alpha value is -1.23. The van der Waals surface area contributed by atoms with E-state index in [4.69, 9.17) is 7.85 Å². The Morgan fingerprint density at radius 1 is 1.71 bits per heavy atom. The second-order valence-electron chi connectivity index (χ2n) is 4.33. The van der Waals surface area contributed by atoms with Gasteiger partial charge in [0.25, 0.3) is 0 Å². The number of aliphatic hydroxyl groups is 1. The Kier molecular flexibility index (Phi) is 3.57. The molecule has 1 aliphatic carbocycles. The number of thiophene rings is 1. The van der Waals surface area contributed by atoms with Crippen molar-refractivity contribution in [3.05, 3.63) is 22.4 Å². The highest BCUT2D eigenvalue weighted by molar-refractivity contribution is 7.12. The summed E-state index contributed by atoms with van der Waals surface area (Å²) in [5.41, 5.74) is 0.540. The smallest absolute Gasteiger partial charge is 0.227 e. The van der Waals surface area contributed by atoms with Gasteiger partial charge in [0.05, 0.1) is 10.8 Å². The molecule has 5 heteroatoms. The van der Waals surface area contributed by atoms with Crippen LogP contribution in [0.2, 0.25) is 0 Å². The third-order valence-corrected chi connectivity index (χ3v) is 3.63. The fraction of sp³-hybridized carbons (Fsp3) is 0.417. The zero-order valence-corrected chi connectivity index (χ0v) is 10.5. The van der Waals surface area contributed by atoms with E-state index in [1.807, 2.05) is 5.38 Å². The van der Waals surface area contributed by atoms with Crippen molar-refractivity contribution < 1.29 is 9.90 Å². The number of aliphatic hydroxyl groups excluding tert-OH is 1. The first-order valence-electron chi connectivity index (χ1n) is 5.62. The van der Waals surface area contributed by atoms with Gasteiger partial charge in [-0.05, 0) is 31.2 Å². The van der Waals surface area contributed by atoms with Gasteiger partial charge in [-0.2, -0.15) is 0 Å². The average molecular weight is 247 g/mol. The SMILES string of the molecule is [B]c1ccsc1/C(O)=C/C(C)C(=O)NC1CC1. The van der Waals surface area contributed by atoms with Gasteiger partial charge in [-0.15, -0.1) is 11.3 Å². The monoisotopic (exact) mass is 247 g/mol. The third kappa shape index (κ3) is 3.13. The highest BCUT2D eigenvalue weighted by atomic mass is 32.1. The molecule has 1 aromatic rings. The first kappa shape index (κ1) is 12.2. The van der Waals surface area contributed by atoms with Crippen molar-refractivity contribution in [2.45, 2.75) is 25.8 Å². The van der Waals surface area contributed by atoms with Crippen LogP contribution >= 0.6 is 11.3 Å². The minimum absolute atomic E-state index is 0.0471. The molecule has 0 aliphatic heterocycles. The summed E-state index contributed by atoms with van der Waals surface area (Å²) in [5, 5.41) is 14.6. The molecule has 2 radical (unpaired) electrons. The van der Waals surface area contributed by atoms with Crippen molar-refractivity contribution in [1.29, 1.82) is 0 Å². The van der Waals surface area contributed by atoms with Crippen LogP contribution < -0.4 is 10.8 Å². The van der Waals surface area contributed by atoms with E-state index in [2.05, 4.69) is 5.32 Å². The van der Waals surface area contributed by atoms with Crippen LogP contribution in [0.25, 0.3) is 5.76 Å². The highest BCUT2D eigenvalue weighted by Crippen LogP contribution is 2.21. The molecule has 0 aromatic carbocycles. The first-order valence-corrected chi connectivity index (χ1v) is 6.50. The zero-order valence-electron chi connectivity index (χ0n) is 9.64. The van der Waals surface area contributed by atoms with Crippen LogP contribution in [0.4, 0.5) is 0 Å². The van der Waals surface area contributed by atoms with Crippen LogP contribution in [0.5, 0.6) is 0 Å². The minimum Gasteiger partial charge on any atom is -0.507 e. The van der Waals surface area contributed by atoms with E-state index in [-0.39, 0.29) is 17.6 Å². The van der Waals surface area contributed by atoms with Gasteiger partial charge in [-0.1, -0.05) is 11.5 Å². The lowest BCUT2D eigenvalue weighted by Crippen LogP contribution is -2.30. The molecule has 1 atom stereocenters. The number of carbonyl (C=O) groups excluding carboxylic acids is 1. The van der Waals surface area contributed by atoms with Crippen LogP contribution in [-0.2, 0) is 4.79 Å². The molecule has 0 saturated heterocycles. The summed E-state index contributed by atoms with van der Waals surface area (Å²) in [5.74, 6) is -0.317. The van der Waals surface area contributed by atoms with Gasteiger partial charge in [0.1, 0.15) is 13.6 Å². The first-order chi connectivity index (χ1) is 8.08. The molecule has 88 valence electrons. The van der Waals surface area contributed by atoms with E-state index in [1.165, 1.54) is 11.3 Å². The maximum absolute atomic E-state index is 11.7. The normalized spacial score (nSPS) is 17.8. The molecular weight excluding hydrogens is 233 g/mol. The van der Waals surface area contributed by atoms with Gasteiger partial charge in [0.15, 0.2) is 0 Å². The summed E-state index contributed by atoms with van der Waals surface area (Å²) >= 11 is 1.36. The third-order valence-electron chi connectivity index (χ3n) is 2.67. The van der Waals surface area contributed by atoms with Crippen LogP contribution in [0.3, 0.4) is 0 Å². The summed E-state index contributed by atoms with van der Waals surface area (Å²) in [7, 11) is 5.69. The van der Waals surface area contributed by atoms with E-state index in [9.17, 15) is 9.90 Å². The molecule has 2 N–H and O–H groups in total. The largest absolute Gasteiger partial charge is 0.507 e. The number of rotatable bonds is 4. The van der Waals surface area contributed by atoms with E-state index in [0.29, 0.717) is 16.4 Å². The molecule has 1 unspecified atom stereocenters. The van der Waals surface area contributed by atoms with E-state index in [0.717, 1.165) is 12.8 Å². The Labute approximate surface area is 106 Å². The summed E-state index contributed by atoms with van der Waals surface area (Å²) < 4.78 is 0. The van der Waals surface area contributed by atoms with E-state index < -0.39 is 0 Å². The van der Waals surface area contributed by atoms with Crippen molar-refractivity contribution in [3.63, 3.8) is 0 Å². The molecule has 1 fully saturated rings. The fourth-order valence-electron chi connectivity index (χ4n) is 1.48. The van der Waals surface area contributed by atoms with Gasteiger partial charge >= 0.3 is 0 Å². The van der Waals surface area contributed by atoms with Crippen LogP contribution in [0.15, 0.2) is 17.5 Å². The van der Waals surface area contributed by atoms with Crippen LogP contribution in [-0.4, -0.2) is 24.9 Å². The Morgan fingerprint density at radius 2 is 2.41 bits per heavy atom. The molecule has 0 spiro atoms. The molecular formula is C12H14BNO2S. The van der Waals surface area contributed by atoms with Gasteiger partial charge in [0.2, 0.25) is 5.91 Å². The van der Waals surface area contributed by atoms with E-state index >= 15 is 0 Å². The number of hydrogen-bond acceptors (Lipinski definition) is 3. The van der Waals surface area contributed by atoms with Crippen LogP contribution in [0, 0.1) is 5.92 Å². The van der Waals surface area contributed by atoms with Crippen molar-refractivity contribution >= 4 is 36.3 Å². The quantitative estimate of drug-likeness (QED) is 0.623. The minimum atomic E-state index is -0.350. The Balaban J connectivity index is 2.02. The molecule has 0 bridgehead atoms. The summed E-state index contributed by atoms with van der Waals surface area (Å²) in [6.07, 6.45) is 3.66. The predicted octanol–water partition coefficient (Wildman–Crippen LogP) is 1.36.